The van der Waals surface area contributed by atoms with Gasteiger partial charge in [-0.3, -0.25) is 4.79 Å². The number of anilines is 1. The second-order valence-corrected chi connectivity index (χ2v) is 4.50. The molecule has 0 radical (unpaired) electrons. The molecule has 1 aliphatic rings. The average Bonchev–Trinajstić information content (AvgIpc) is 2.75. The van der Waals surface area contributed by atoms with Crippen molar-refractivity contribution in [2.45, 2.75) is 32.2 Å². The summed E-state index contributed by atoms with van der Waals surface area (Å²) in [7, 11) is 0. The predicted octanol–water partition coefficient (Wildman–Crippen LogP) is 1.77. The molecule has 0 heterocycles. The molecule has 0 saturated heterocycles. The number of hydrogen-bond donors (Lipinski definition) is 3. The fraction of sp³-hybridized carbons (Fsp3) is 0.385. The van der Waals surface area contributed by atoms with Crippen LogP contribution in [0.1, 0.15) is 24.5 Å². The number of carboxylic acids is 1. The summed E-state index contributed by atoms with van der Waals surface area (Å²) < 4.78 is 0. The molecule has 5 nitrogen and oxygen atoms in total. The van der Waals surface area contributed by atoms with Gasteiger partial charge in [-0.1, -0.05) is 6.07 Å². The van der Waals surface area contributed by atoms with Gasteiger partial charge in [0.2, 0.25) is 0 Å². The summed E-state index contributed by atoms with van der Waals surface area (Å²) in [4.78, 5) is 22.1. The molecule has 3 N–H and O–H groups in total. The van der Waals surface area contributed by atoms with E-state index in [0.717, 1.165) is 19.3 Å². The molecule has 18 heavy (non-hydrogen) atoms. The van der Waals surface area contributed by atoms with Crippen molar-refractivity contribution in [2.24, 2.45) is 0 Å². The Morgan fingerprint density at radius 1 is 1.28 bits per heavy atom. The van der Waals surface area contributed by atoms with Crippen LogP contribution in [0.2, 0.25) is 0 Å². The average molecular weight is 248 g/mol. The van der Waals surface area contributed by atoms with E-state index in [1.54, 1.807) is 0 Å². The number of rotatable bonds is 3. The third kappa shape index (κ3) is 2.80. The Bertz CT molecular complexity index is 485. The first-order valence-electron chi connectivity index (χ1n) is 5.98. The number of benzene rings is 1. The summed E-state index contributed by atoms with van der Waals surface area (Å²) in [5, 5.41) is 13.7. The van der Waals surface area contributed by atoms with E-state index in [1.165, 1.54) is 18.1 Å². The van der Waals surface area contributed by atoms with Gasteiger partial charge in [-0.2, -0.15) is 0 Å². The van der Waals surface area contributed by atoms with Gasteiger partial charge in [0.15, 0.2) is 0 Å². The van der Waals surface area contributed by atoms with E-state index in [-0.39, 0.29) is 0 Å². The summed E-state index contributed by atoms with van der Waals surface area (Å²) in [5.74, 6) is -1.06. The van der Waals surface area contributed by atoms with Gasteiger partial charge in [0.1, 0.15) is 6.04 Å². The Morgan fingerprint density at radius 2 is 2.00 bits per heavy atom. The fourth-order valence-corrected chi connectivity index (χ4v) is 2.08. The van der Waals surface area contributed by atoms with Gasteiger partial charge in [-0.15, -0.1) is 0 Å². The second kappa shape index (κ2) is 5.08. The lowest BCUT2D eigenvalue weighted by Gasteiger charge is -2.11. The van der Waals surface area contributed by atoms with Gasteiger partial charge >= 0.3 is 12.0 Å². The van der Waals surface area contributed by atoms with E-state index in [0.29, 0.717) is 5.69 Å². The number of hydrogen-bond acceptors (Lipinski definition) is 2. The van der Waals surface area contributed by atoms with Gasteiger partial charge in [0.05, 0.1) is 0 Å². The van der Waals surface area contributed by atoms with Gasteiger partial charge in [0, 0.05) is 5.69 Å². The van der Waals surface area contributed by atoms with Crippen LogP contribution in [0, 0.1) is 0 Å². The smallest absolute Gasteiger partial charge is 0.325 e. The van der Waals surface area contributed by atoms with Crippen molar-refractivity contribution >= 4 is 17.7 Å². The molecule has 5 heteroatoms. The highest BCUT2D eigenvalue weighted by atomic mass is 16.4. The number of carboxylic acid groups (broad SMARTS) is 1. The van der Waals surface area contributed by atoms with Gasteiger partial charge in [0.25, 0.3) is 0 Å². The van der Waals surface area contributed by atoms with Gasteiger partial charge < -0.3 is 15.7 Å². The molecule has 0 fully saturated rings. The molecular weight excluding hydrogens is 232 g/mol. The van der Waals surface area contributed by atoms with Crippen LogP contribution >= 0.6 is 0 Å². The lowest BCUT2D eigenvalue weighted by Crippen LogP contribution is -2.40. The largest absolute Gasteiger partial charge is 0.480 e. The Kier molecular flexibility index (Phi) is 3.50. The first-order valence-corrected chi connectivity index (χ1v) is 5.98. The maximum atomic E-state index is 11.5. The summed E-state index contributed by atoms with van der Waals surface area (Å²) in [6.07, 6.45) is 3.29. The zero-order chi connectivity index (χ0) is 13.1. The van der Waals surface area contributed by atoms with Crippen molar-refractivity contribution in [3.05, 3.63) is 29.3 Å². The van der Waals surface area contributed by atoms with E-state index >= 15 is 0 Å². The molecule has 96 valence electrons. The Morgan fingerprint density at radius 3 is 2.72 bits per heavy atom. The Balaban J connectivity index is 1.97. The number of carbonyl (C=O) groups is 2. The highest BCUT2D eigenvalue weighted by Crippen LogP contribution is 2.24. The fourth-order valence-electron chi connectivity index (χ4n) is 2.08. The number of aliphatic carboxylic acids is 1. The summed E-state index contributed by atoms with van der Waals surface area (Å²) in [6, 6.07) is 4.41. The minimum absolute atomic E-state index is 0.497. The zero-order valence-corrected chi connectivity index (χ0v) is 10.2. The van der Waals surface area contributed by atoms with E-state index < -0.39 is 18.0 Å². The van der Waals surface area contributed by atoms with Gasteiger partial charge in [-0.25, -0.2) is 4.79 Å². The molecule has 0 unspecified atom stereocenters. The third-order valence-corrected chi connectivity index (χ3v) is 3.07. The molecule has 1 atom stereocenters. The SMILES string of the molecule is C[C@@H](NC(=O)Nc1ccc2c(c1)CCC2)C(=O)O. The van der Waals surface area contributed by atoms with Crippen molar-refractivity contribution in [1.29, 1.82) is 0 Å². The van der Waals surface area contributed by atoms with Crippen molar-refractivity contribution in [1.82, 2.24) is 5.32 Å². The van der Waals surface area contributed by atoms with Crippen LogP contribution in [0.4, 0.5) is 10.5 Å². The number of carbonyl (C=O) groups excluding carboxylic acids is 1. The maximum Gasteiger partial charge on any atom is 0.325 e. The minimum atomic E-state index is -1.06. The zero-order valence-electron chi connectivity index (χ0n) is 10.2. The highest BCUT2D eigenvalue weighted by Gasteiger charge is 2.15. The molecule has 1 aromatic carbocycles. The molecule has 0 bridgehead atoms. The molecule has 0 saturated carbocycles. The van der Waals surface area contributed by atoms with Crippen LogP contribution < -0.4 is 10.6 Å². The first kappa shape index (κ1) is 12.4. The molecule has 0 aliphatic heterocycles. The number of nitrogens with one attached hydrogen (secondary N) is 2. The van der Waals surface area contributed by atoms with Crippen molar-refractivity contribution in [3.63, 3.8) is 0 Å². The molecule has 2 amide bonds. The van der Waals surface area contributed by atoms with E-state index in [2.05, 4.69) is 10.6 Å². The lowest BCUT2D eigenvalue weighted by molar-refractivity contribution is -0.138. The topological polar surface area (TPSA) is 78.4 Å². The summed E-state index contributed by atoms with van der Waals surface area (Å²) in [6.45, 7) is 1.42. The Hall–Kier alpha value is -2.04. The quantitative estimate of drug-likeness (QED) is 0.762. The Labute approximate surface area is 105 Å². The number of urea groups is 1. The maximum absolute atomic E-state index is 11.5. The first-order chi connectivity index (χ1) is 8.56. The predicted molar refractivity (Wildman–Crippen MR) is 67.7 cm³/mol. The summed E-state index contributed by atoms with van der Waals surface area (Å²) in [5.41, 5.74) is 3.30. The number of fused-ring (bicyclic) bond motifs is 1. The minimum Gasteiger partial charge on any atom is -0.480 e. The normalized spacial score (nSPS) is 14.7. The van der Waals surface area contributed by atoms with Crippen molar-refractivity contribution in [2.75, 3.05) is 5.32 Å². The molecule has 2 rings (SSSR count). The monoisotopic (exact) mass is 248 g/mol. The number of amides is 2. The molecular formula is C13H16N2O3. The molecule has 0 aromatic heterocycles. The van der Waals surface area contributed by atoms with Crippen LogP contribution in [0.25, 0.3) is 0 Å². The third-order valence-electron chi connectivity index (χ3n) is 3.07. The highest BCUT2D eigenvalue weighted by molar-refractivity contribution is 5.92. The number of aryl methyl sites for hydroxylation is 2. The van der Waals surface area contributed by atoms with Gasteiger partial charge in [-0.05, 0) is 49.4 Å². The van der Waals surface area contributed by atoms with Crippen molar-refractivity contribution < 1.29 is 14.7 Å². The van der Waals surface area contributed by atoms with Crippen molar-refractivity contribution in [3.8, 4) is 0 Å². The van der Waals surface area contributed by atoms with E-state index in [1.807, 2.05) is 18.2 Å². The van der Waals surface area contributed by atoms with Crippen LogP contribution in [0.15, 0.2) is 18.2 Å². The van der Waals surface area contributed by atoms with Crippen LogP contribution in [0.3, 0.4) is 0 Å². The lowest BCUT2D eigenvalue weighted by atomic mass is 10.1. The standard InChI is InChI=1S/C13H16N2O3/c1-8(12(16)17)14-13(18)15-11-6-5-9-3-2-4-10(9)7-11/h5-8H,2-4H2,1H3,(H,16,17)(H2,14,15,18)/t8-/m1/s1. The van der Waals surface area contributed by atoms with Crippen LogP contribution in [-0.4, -0.2) is 23.1 Å². The van der Waals surface area contributed by atoms with Crippen LogP contribution in [0.5, 0.6) is 0 Å². The van der Waals surface area contributed by atoms with E-state index in [9.17, 15) is 9.59 Å². The molecule has 0 spiro atoms. The summed E-state index contributed by atoms with van der Waals surface area (Å²) >= 11 is 0. The molecule has 1 aromatic rings. The second-order valence-electron chi connectivity index (χ2n) is 4.50. The van der Waals surface area contributed by atoms with Crippen LogP contribution in [-0.2, 0) is 17.6 Å². The van der Waals surface area contributed by atoms with E-state index in [4.69, 9.17) is 5.11 Å². The molecule has 1 aliphatic carbocycles.